The normalized spacial score (nSPS) is 33.3. The average Bonchev–Trinajstić information content (AvgIpc) is 3.04. The fourth-order valence-corrected chi connectivity index (χ4v) is 5.42. The van der Waals surface area contributed by atoms with Crippen LogP contribution in [0, 0.1) is 5.92 Å². The van der Waals surface area contributed by atoms with Crippen LogP contribution in [0.15, 0.2) is 0 Å². The van der Waals surface area contributed by atoms with Crippen molar-refractivity contribution in [3.8, 4) is 0 Å². The molecule has 3 rings (SSSR count). The molecule has 0 aromatic rings. The van der Waals surface area contributed by atoms with Gasteiger partial charge in [0.05, 0.1) is 22.8 Å². The first-order valence-electron chi connectivity index (χ1n) is 8.95. The van der Waals surface area contributed by atoms with E-state index in [1.165, 1.54) is 0 Å². The first kappa shape index (κ1) is 18.8. The maximum absolute atomic E-state index is 12.1. The van der Waals surface area contributed by atoms with E-state index >= 15 is 0 Å². The van der Waals surface area contributed by atoms with Crippen molar-refractivity contribution in [3.63, 3.8) is 0 Å². The van der Waals surface area contributed by atoms with Crippen LogP contribution in [0.2, 0.25) is 0 Å². The van der Waals surface area contributed by atoms with Crippen LogP contribution in [-0.2, 0) is 9.53 Å². The van der Waals surface area contributed by atoms with E-state index in [0.29, 0.717) is 18.6 Å². The lowest BCUT2D eigenvalue weighted by Crippen LogP contribution is -2.68. The van der Waals surface area contributed by atoms with Gasteiger partial charge in [-0.2, -0.15) is 0 Å². The van der Waals surface area contributed by atoms with Gasteiger partial charge in [0.15, 0.2) is 0 Å². The summed E-state index contributed by atoms with van der Waals surface area (Å²) in [6.07, 6.45) is 2.82. The van der Waals surface area contributed by atoms with Gasteiger partial charge >= 0.3 is 0 Å². The highest BCUT2D eigenvalue weighted by molar-refractivity contribution is 14.1. The SMILES string of the molecule is COCC1CC(O)CN1CCC1CN(C(C)=O)C2(C1)CN(CI)C2. The van der Waals surface area contributed by atoms with Gasteiger partial charge in [0.2, 0.25) is 5.91 Å². The molecule has 0 saturated carbocycles. The van der Waals surface area contributed by atoms with Crippen LogP contribution < -0.4 is 0 Å². The topological polar surface area (TPSA) is 56.3 Å². The summed E-state index contributed by atoms with van der Waals surface area (Å²) in [6.45, 7) is 7.11. The number of rotatable bonds is 6. The largest absolute Gasteiger partial charge is 0.392 e. The van der Waals surface area contributed by atoms with Gasteiger partial charge in [0.1, 0.15) is 0 Å². The van der Waals surface area contributed by atoms with E-state index in [1.54, 1.807) is 14.0 Å². The fraction of sp³-hybridized carbons (Fsp3) is 0.941. The van der Waals surface area contributed by atoms with E-state index in [2.05, 4.69) is 37.3 Å². The third kappa shape index (κ3) is 3.75. The van der Waals surface area contributed by atoms with E-state index in [4.69, 9.17) is 4.74 Å². The van der Waals surface area contributed by atoms with Crippen LogP contribution in [-0.4, -0.2) is 94.4 Å². The number of carbonyl (C=O) groups is 1. The number of β-amino-alcohol motifs (C(OH)–C–C–N with tert-alkyl or cyclic N) is 1. The van der Waals surface area contributed by atoms with Crippen molar-refractivity contribution in [2.24, 2.45) is 5.92 Å². The standard InChI is InChI=1S/C17H30IN3O3/c1-13(22)21-7-14(6-17(21)10-19(11-17)12-18)3-4-20-8-16(23)5-15(20)9-24-2/h14-16,23H,3-12H2,1-2H3. The van der Waals surface area contributed by atoms with Gasteiger partial charge in [-0.3, -0.25) is 14.6 Å². The minimum atomic E-state index is -0.224. The molecule has 6 nitrogen and oxygen atoms in total. The van der Waals surface area contributed by atoms with Crippen LogP contribution in [0.5, 0.6) is 0 Å². The molecule has 0 radical (unpaired) electrons. The van der Waals surface area contributed by atoms with Crippen LogP contribution >= 0.6 is 22.6 Å². The van der Waals surface area contributed by atoms with Crippen molar-refractivity contribution in [2.45, 2.75) is 43.9 Å². The molecule has 3 aliphatic rings. The van der Waals surface area contributed by atoms with Crippen LogP contribution in [0.3, 0.4) is 0 Å². The molecule has 3 atom stereocenters. The zero-order valence-electron chi connectivity index (χ0n) is 14.8. The summed E-state index contributed by atoms with van der Waals surface area (Å²) in [4.78, 5) is 19.0. The lowest BCUT2D eigenvalue weighted by molar-refractivity contribution is -0.138. The number of halogens is 1. The molecule has 1 spiro atoms. The summed E-state index contributed by atoms with van der Waals surface area (Å²) in [5.41, 5.74) is 0.0954. The molecule has 0 aliphatic carbocycles. The molecule has 7 heteroatoms. The molecule has 138 valence electrons. The van der Waals surface area contributed by atoms with Crippen molar-refractivity contribution in [2.75, 3.05) is 51.0 Å². The quantitative estimate of drug-likeness (QED) is 0.368. The van der Waals surface area contributed by atoms with Crippen molar-refractivity contribution in [1.82, 2.24) is 14.7 Å². The number of hydrogen-bond acceptors (Lipinski definition) is 5. The molecule has 1 N–H and O–H groups in total. The minimum Gasteiger partial charge on any atom is -0.392 e. The lowest BCUT2D eigenvalue weighted by atomic mass is 9.84. The summed E-state index contributed by atoms with van der Waals surface area (Å²) in [5.74, 6) is 0.797. The molecule has 0 aromatic heterocycles. The van der Waals surface area contributed by atoms with Gasteiger partial charge in [-0.1, -0.05) is 22.6 Å². The van der Waals surface area contributed by atoms with Gasteiger partial charge in [0.25, 0.3) is 0 Å². The molecule has 1 amide bonds. The van der Waals surface area contributed by atoms with Gasteiger partial charge < -0.3 is 14.7 Å². The highest BCUT2D eigenvalue weighted by Crippen LogP contribution is 2.42. The minimum absolute atomic E-state index is 0.0954. The van der Waals surface area contributed by atoms with Crippen molar-refractivity contribution < 1.29 is 14.6 Å². The zero-order valence-corrected chi connectivity index (χ0v) is 16.9. The van der Waals surface area contributed by atoms with Crippen molar-refractivity contribution in [1.29, 1.82) is 0 Å². The maximum Gasteiger partial charge on any atom is 0.220 e. The Labute approximate surface area is 158 Å². The molecular formula is C17H30IN3O3. The maximum atomic E-state index is 12.1. The first-order valence-corrected chi connectivity index (χ1v) is 10.5. The molecule has 24 heavy (non-hydrogen) atoms. The van der Waals surface area contributed by atoms with E-state index in [9.17, 15) is 9.90 Å². The molecule has 3 unspecified atom stereocenters. The smallest absolute Gasteiger partial charge is 0.220 e. The van der Waals surface area contributed by atoms with Crippen LogP contribution in [0.1, 0.15) is 26.2 Å². The Bertz CT molecular complexity index is 458. The highest BCUT2D eigenvalue weighted by Gasteiger charge is 2.53. The van der Waals surface area contributed by atoms with E-state index < -0.39 is 0 Å². The Hall–Kier alpha value is 0.0400. The molecule has 3 heterocycles. The number of likely N-dealkylation sites (tertiary alicyclic amines) is 3. The number of methoxy groups -OCH3 is 1. The number of ether oxygens (including phenoxy) is 1. The molecule has 0 aromatic carbocycles. The number of aliphatic hydroxyl groups is 1. The first-order chi connectivity index (χ1) is 11.5. The summed E-state index contributed by atoms with van der Waals surface area (Å²) in [6, 6.07) is 0.336. The molecule has 3 aliphatic heterocycles. The number of alkyl halides is 1. The Morgan fingerprint density at radius 2 is 2.12 bits per heavy atom. The van der Waals surface area contributed by atoms with Gasteiger partial charge in [-0.25, -0.2) is 0 Å². The van der Waals surface area contributed by atoms with E-state index in [0.717, 1.165) is 56.5 Å². The summed E-state index contributed by atoms with van der Waals surface area (Å²) >= 11 is 2.40. The third-order valence-electron chi connectivity index (χ3n) is 5.96. The Morgan fingerprint density at radius 1 is 1.38 bits per heavy atom. The molecule has 3 fully saturated rings. The number of aliphatic hydroxyl groups excluding tert-OH is 1. The molecule has 3 saturated heterocycles. The van der Waals surface area contributed by atoms with E-state index in [1.807, 2.05) is 0 Å². The number of nitrogens with zero attached hydrogens (tertiary/aromatic N) is 3. The number of amides is 1. The van der Waals surface area contributed by atoms with E-state index in [-0.39, 0.29) is 17.6 Å². The predicted octanol–water partition coefficient (Wildman–Crippen LogP) is 0.773. The zero-order chi connectivity index (χ0) is 17.3. The summed E-state index contributed by atoms with van der Waals surface area (Å²) < 4.78 is 6.34. The van der Waals surface area contributed by atoms with Crippen LogP contribution in [0.25, 0.3) is 0 Å². The predicted molar refractivity (Wildman–Crippen MR) is 101 cm³/mol. The summed E-state index contributed by atoms with van der Waals surface area (Å²) in [5, 5.41) is 9.93. The Kier molecular flexibility index (Phi) is 6.07. The monoisotopic (exact) mass is 451 g/mol. The molecular weight excluding hydrogens is 421 g/mol. The summed E-state index contributed by atoms with van der Waals surface area (Å²) in [7, 11) is 1.73. The Morgan fingerprint density at radius 3 is 2.75 bits per heavy atom. The second kappa shape index (κ2) is 7.73. The van der Waals surface area contributed by atoms with Gasteiger partial charge in [-0.05, 0) is 31.7 Å². The number of hydrogen-bond donors (Lipinski definition) is 1. The third-order valence-corrected chi connectivity index (χ3v) is 6.92. The van der Waals surface area contributed by atoms with Crippen molar-refractivity contribution >= 4 is 28.5 Å². The van der Waals surface area contributed by atoms with Crippen molar-refractivity contribution in [3.05, 3.63) is 0 Å². The second-order valence-corrected chi connectivity index (χ2v) is 8.50. The molecule has 0 bridgehead atoms. The lowest BCUT2D eigenvalue weighted by Gasteiger charge is -2.52. The number of carbonyl (C=O) groups excluding carboxylic acids is 1. The van der Waals surface area contributed by atoms with Crippen LogP contribution in [0.4, 0.5) is 0 Å². The second-order valence-electron chi connectivity index (χ2n) is 7.81. The van der Waals surface area contributed by atoms with Gasteiger partial charge in [0, 0.05) is 46.3 Å². The fourth-order valence-electron chi connectivity index (χ4n) is 4.94. The van der Waals surface area contributed by atoms with Gasteiger partial charge in [-0.15, -0.1) is 0 Å². The highest BCUT2D eigenvalue weighted by atomic mass is 127. The average molecular weight is 451 g/mol. The Balaban J connectivity index is 1.54.